The van der Waals surface area contributed by atoms with Crippen LogP contribution in [0.25, 0.3) is 10.9 Å². The summed E-state index contributed by atoms with van der Waals surface area (Å²) in [5, 5.41) is 11.1. The first kappa shape index (κ1) is 11.3. The highest BCUT2D eigenvalue weighted by Gasteiger charge is 2.25. The Morgan fingerprint density at radius 2 is 2.44 bits per heavy atom. The molecule has 0 saturated carbocycles. The van der Waals surface area contributed by atoms with E-state index in [4.69, 9.17) is 0 Å². The molecule has 5 nitrogen and oxygen atoms in total. The van der Waals surface area contributed by atoms with Crippen LogP contribution in [0, 0.1) is 0 Å². The monoisotopic (exact) mass is 240 g/mol. The molecule has 2 aromatic rings. The number of carbonyl (C=O) groups excluding carboxylic acids is 1. The summed E-state index contributed by atoms with van der Waals surface area (Å²) in [5.74, 6) is 0. The highest BCUT2D eigenvalue weighted by Crippen LogP contribution is 2.27. The summed E-state index contributed by atoms with van der Waals surface area (Å²) in [6, 6.07) is 3.82. The van der Waals surface area contributed by atoms with Crippen molar-refractivity contribution >= 4 is 24.5 Å². The number of β-amino-alcohol motifs (C(OH)–C–C–N with tert-alkyl or cyclic N) is 1. The van der Waals surface area contributed by atoms with Crippen molar-refractivity contribution in [2.45, 2.75) is 12.6 Å². The van der Waals surface area contributed by atoms with E-state index in [-0.39, 0.29) is 0 Å². The summed E-state index contributed by atoms with van der Waals surface area (Å²) in [6.45, 7) is 0.958. The molecule has 0 aliphatic carbocycles. The predicted molar refractivity (Wildman–Crippen MR) is 67.4 cm³/mol. The maximum atomic E-state index is 10.5. The average Bonchev–Trinajstić information content (AvgIpc) is 2.37. The van der Waals surface area contributed by atoms with Crippen LogP contribution < -0.4 is 0 Å². The molecule has 1 unspecified atom stereocenters. The second-order valence-corrected chi connectivity index (χ2v) is 4.32. The Labute approximate surface area is 105 Å². The van der Waals surface area contributed by atoms with Crippen LogP contribution in [0.15, 0.2) is 24.5 Å². The lowest BCUT2D eigenvalue weighted by Gasteiger charge is -2.30. The molecular formula is C12H11BN3O2. The first-order valence-corrected chi connectivity index (χ1v) is 5.72. The van der Waals surface area contributed by atoms with E-state index in [1.54, 1.807) is 17.2 Å². The third-order valence-corrected chi connectivity index (χ3v) is 3.12. The molecule has 89 valence electrons. The molecule has 3 rings (SSSR count). The normalized spacial score (nSPS) is 19.5. The van der Waals surface area contributed by atoms with Crippen LogP contribution in [0.2, 0.25) is 0 Å². The van der Waals surface area contributed by atoms with Crippen molar-refractivity contribution in [2.24, 2.45) is 0 Å². The van der Waals surface area contributed by atoms with Gasteiger partial charge < -0.3 is 14.7 Å². The van der Waals surface area contributed by atoms with Crippen LogP contribution in [0.4, 0.5) is 0 Å². The lowest BCUT2D eigenvalue weighted by Crippen LogP contribution is -2.37. The van der Waals surface area contributed by atoms with Crippen molar-refractivity contribution in [1.82, 2.24) is 14.8 Å². The second-order valence-electron chi connectivity index (χ2n) is 4.32. The van der Waals surface area contributed by atoms with Gasteiger partial charge in [0.15, 0.2) is 0 Å². The van der Waals surface area contributed by atoms with Crippen molar-refractivity contribution < 1.29 is 9.90 Å². The molecule has 1 N–H and O–H groups in total. The Hall–Kier alpha value is -1.79. The van der Waals surface area contributed by atoms with Crippen molar-refractivity contribution in [3.05, 3.63) is 35.8 Å². The fourth-order valence-electron chi connectivity index (χ4n) is 2.27. The second kappa shape index (κ2) is 4.47. The minimum absolute atomic E-state index is 0.421. The summed E-state index contributed by atoms with van der Waals surface area (Å²) in [5.41, 5.74) is 2.44. The van der Waals surface area contributed by atoms with Gasteiger partial charge in [0, 0.05) is 30.2 Å². The zero-order valence-electron chi connectivity index (χ0n) is 9.65. The number of rotatable bonds is 2. The minimum atomic E-state index is -0.616. The Morgan fingerprint density at radius 3 is 3.28 bits per heavy atom. The van der Waals surface area contributed by atoms with Crippen LogP contribution in [0.1, 0.15) is 17.4 Å². The molecule has 2 aromatic heterocycles. The Balaban J connectivity index is 2.07. The molecule has 1 radical (unpaired) electrons. The van der Waals surface area contributed by atoms with Gasteiger partial charge in [0.25, 0.3) is 7.41 Å². The molecular weight excluding hydrogens is 229 g/mol. The Morgan fingerprint density at radius 1 is 1.56 bits per heavy atom. The summed E-state index contributed by atoms with van der Waals surface area (Å²) in [6.07, 6.45) is 3.51. The zero-order valence-corrected chi connectivity index (χ0v) is 9.65. The van der Waals surface area contributed by atoms with Gasteiger partial charge in [0.05, 0.1) is 29.7 Å². The van der Waals surface area contributed by atoms with E-state index in [9.17, 15) is 9.90 Å². The number of carbonyl (C=O) groups is 1. The van der Waals surface area contributed by atoms with Crippen LogP contribution >= 0.6 is 0 Å². The van der Waals surface area contributed by atoms with E-state index in [2.05, 4.69) is 9.97 Å². The molecule has 1 atom stereocenters. The zero-order chi connectivity index (χ0) is 12.5. The molecule has 0 bridgehead atoms. The van der Waals surface area contributed by atoms with Gasteiger partial charge in [-0.2, -0.15) is 0 Å². The number of aliphatic hydroxyl groups excluding tert-OH is 1. The number of aromatic nitrogens is 2. The molecule has 0 amide bonds. The lowest BCUT2D eigenvalue weighted by molar-refractivity contribution is 0.131. The number of aliphatic hydroxyl groups is 1. The van der Waals surface area contributed by atoms with Gasteiger partial charge in [-0.15, -0.1) is 0 Å². The first-order chi connectivity index (χ1) is 8.78. The molecule has 0 aromatic carbocycles. The topological polar surface area (TPSA) is 66.3 Å². The predicted octanol–water partition coefficient (Wildman–Crippen LogP) is 0.288. The third kappa shape index (κ3) is 1.89. The number of hydrogen-bond acceptors (Lipinski definition) is 5. The number of pyridine rings is 2. The average molecular weight is 240 g/mol. The molecule has 6 heteroatoms. The van der Waals surface area contributed by atoms with Crippen molar-refractivity contribution in [1.29, 1.82) is 0 Å². The molecule has 0 spiro atoms. The molecule has 1 aliphatic rings. The summed E-state index contributed by atoms with van der Waals surface area (Å²) >= 11 is 0. The number of fused-ring (bicyclic) bond motifs is 2. The van der Waals surface area contributed by atoms with Gasteiger partial charge in [-0.05, 0) is 12.1 Å². The van der Waals surface area contributed by atoms with E-state index in [0.29, 0.717) is 13.1 Å². The van der Waals surface area contributed by atoms with E-state index in [1.165, 1.54) is 7.41 Å². The highest BCUT2D eigenvalue weighted by molar-refractivity contribution is 6.64. The Bertz CT molecular complexity index is 605. The van der Waals surface area contributed by atoms with Crippen molar-refractivity contribution in [2.75, 3.05) is 6.54 Å². The SMILES string of the molecule is O=C[B]N1Cc2nc3cnccc3cc2C(O)C1. The van der Waals surface area contributed by atoms with Crippen LogP contribution in [0.3, 0.4) is 0 Å². The fraction of sp³-hybridized carbons (Fsp3) is 0.250. The Kier molecular flexibility index (Phi) is 2.81. The first-order valence-electron chi connectivity index (χ1n) is 5.72. The number of hydrogen-bond donors (Lipinski definition) is 1. The minimum Gasteiger partial charge on any atom is -0.387 e. The van der Waals surface area contributed by atoms with E-state index < -0.39 is 6.10 Å². The molecule has 1 aliphatic heterocycles. The molecule has 18 heavy (non-hydrogen) atoms. The van der Waals surface area contributed by atoms with Gasteiger partial charge in [-0.3, -0.25) is 4.98 Å². The number of nitrogens with zero attached hydrogens (tertiary/aromatic N) is 3. The van der Waals surface area contributed by atoms with Gasteiger partial charge in [0.2, 0.25) is 0 Å². The van der Waals surface area contributed by atoms with E-state index in [0.717, 1.165) is 28.3 Å². The lowest BCUT2D eigenvalue weighted by atomic mass is 9.89. The fourth-order valence-corrected chi connectivity index (χ4v) is 2.27. The van der Waals surface area contributed by atoms with Crippen molar-refractivity contribution in [3.8, 4) is 0 Å². The maximum absolute atomic E-state index is 10.5. The smallest absolute Gasteiger partial charge is 0.293 e. The summed E-state index contributed by atoms with van der Waals surface area (Å²) < 4.78 is 0. The van der Waals surface area contributed by atoms with Crippen molar-refractivity contribution in [3.63, 3.8) is 0 Å². The van der Waals surface area contributed by atoms with Gasteiger partial charge >= 0.3 is 0 Å². The summed E-state index contributed by atoms with van der Waals surface area (Å²) in [7, 11) is 1.43. The third-order valence-electron chi connectivity index (χ3n) is 3.12. The molecule has 0 fully saturated rings. The largest absolute Gasteiger partial charge is 0.387 e. The molecule has 0 saturated heterocycles. The quantitative estimate of drug-likeness (QED) is 0.603. The van der Waals surface area contributed by atoms with E-state index >= 15 is 0 Å². The standard InChI is InChI=1S/C12H11BN3O2/c17-7-13-16-5-11-9(12(18)6-16)3-8-1-2-14-4-10(8)15-11/h1-4,7,12,18H,5-6H2. The maximum Gasteiger partial charge on any atom is 0.293 e. The van der Waals surface area contributed by atoms with Crippen LogP contribution in [-0.2, 0) is 11.3 Å². The van der Waals surface area contributed by atoms with Gasteiger partial charge in [0.1, 0.15) is 0 Å². The summed E-state index contributed by atoms with van der Waals surface area (Å²) in [4.78, 5) is 20.8. The van der Waals surface area contributed by atoms with Gasteiger partial charge in [-0.1, -0.05) is 0 Å². The highest BCUT2D eigenvalue weighted by atomic mass is 16.3. The molecule has 3 heterocycles. The van der Waals surface area contributed by atoms with Crippen LogP contribution in [0.5, 0.6) is 0 Å². The van der Waals surface area contributed by atoms with Crippen LogP contribution in [-0.4, -0.2) is 40.0 Å². The van der Waals surface area contributed by atoms with E-state index in [1.807, 2.05) is 12.1 Å². The van der Waals surface area contributed by atoms with Gasteiger partial charge in [-0.25, -0.2) is 4.98 Å².